The quantitative estimate of drug-likeness (QED) is 0.393. The zero-order valence-corrected chi connectivity index (χ0v) is 19.5. The first kappa shape index (κ1) is 24.3. The lowest BCUT2D eigenvalue weighted by Gasteiger charge is -2.06. The summed E-state index contributed by atoms with van der Waals surface area (Å²) in [7, 11) is 0. The summed E-state index contributed by atoms with van der Waals surface area (Å²) in [6, 6.07) is 15.7. The number of carbonyl (C=O) groups is 1. The van der Waals surface area contributed by atoms with Gasteiger partial charge in [-0.05, 0) is 49.4 Å². The Morgan fingerprint density at radius 1 is 0.970 bits per heavy atom. The molecule has 176 valence electrons. The van der Waals surface area contributed by atoms with E-state index in [1.807, 2.05) is 35.8 Å². The minimum atomic E-state index is -0.995. The zero-order valence-electron chi connectivity index (χ0n) is 19.5. The van der Waals surface area contributed by atoms with Crippen molar-refractivity contribution in [3.05, 3.63) is 81.5 Å². The Kier molecular flexibility index (Phi) is 8.87. The van der Waals surface area contributed by atoms with Crippen LogP contribution in [0.1, 0.15) is 55.1 Å². The van der Waals surface area contributed by atoms with Crippen LogP contribution >= 0.6 is 0 Å². The van der Waals surface area contributed by atoms with Crippen molar-refractivity contribution in [2.75, 3.05) is 6.61 Å². The highest BCUT2D eigenvalue weighted by molar-refractivity contribution is 5.68. The monoisotopic (exact) mass is 451 g/mol. The van der Waals surface area contributed by atoms with Gasteiger partial charge in [0.2, 0.25) is 0 Å². The molecule has 0 aliphatic heterocycles. The summed E-state index contributed by atoms with van der Waals surface area (Å²) in [5.41, 5.74) is 3.36. The highest BCUT2D eigenvalue weighted by Gasteiger charge is 2.13. The Hall–Kier alpha value is -3.35. The number of benzene rings is 2. The van der Waals surface area contributed by atoms with E-state index < -0.39 is 5.97 Å². The van der Waals surface area contributed by atoms with E-state index in [0.717, 1.165) is 55.5 Å². The van der Waals surface area contributed by atoms with Gasteiger partial charge < -0.3 is 9.84 Å². The molecule has 1 heterocycles. The number of aromatic nitrogens is 3. The Morgan fingerprint density at radius 3 is 2.33 bits per heavy atom. The van der Waals surface area contributed by atoms with Gasteiger partial charge in [-0.15, -0.1) is 0 Å². The van der Waals surface area contributed by atoms with Crippen molar-refractivity contribution in [3.8, 4) is 5.75 Å². The third-order valence-corrected chi connectivity index (χ3v) is 5.59. The minimum absolute atomic E-state index is 0.0402. The summed E-state index contributed by atoms with van der Waals surface area (Å²) in [6.45, 7) is 5.03. The normalized spacial score (nSPS) is 11.0. The van der Waals surface area contributed by atoms with Crippen molar-refractivity contribution in [2.24, 2.45) is 0 Å². The lowest BCUT2D eigenvalue weighted by Crippen LogP contribution is -2.26. The number of ether oxygens (including phenoxy) is 1. The fraction of sp³-hybridized carbons (Fsp3) is 0.423. The van der Waals surface area contributed by atoms with Gasteiger partial charge in [0, 0.05) is 13.0 Å². The van der Waals surface area contributed by atoms with E-state index in [1.165, 1.54) is 5.56 Å². The maximum atomic E-state index is 13.0. The Morgan fingerprint density at radius 2 is 1.67 bits per heavy atom. The van der Waals surface area contributed by atoms with E-state index in [1.54, 1.807) is 16.8 Å². The average Bonchev–Trinajstić information content (AvgIpc) is 3.09. The molecule has 0 bridgehead atoms. The zero-order chi connectivity index (χ0) is 23.6. The van der Waals surface area contributed by atoms with E-state index in [2.05, 4.69) is 24.2 Å². The third kappa shape index (κ3) is 7.34. The van der Waals surface area contributed by atoms with Gasteiger partial charge >= 0.3 is 11.7 Å². The smallest absolute Gasteiger partial charge is 0.346 e. The second kappa shape index (κ2) is 12.0. The van der Waals surface area contributed by atoms with Gasteiger partial charge in [-0.1, -0.05) is 61.7 Å². The van der Waals surface area contributed by atoms with Gasteiger partial charge in [0.15, 0.2) is 6.61 Å². The van der Waals surface area contributed by atoms with E-state index in [4.69, 9.17) is 9.84 Å². The lowest BCUT2D eigenvalue weighted by molar-refractivity contribution is -0.139. The summed E-state index contributed by atoms with van der Waals surface area (Å²) < 4.78 is 8.60. The fourth-order valence-electron chi connectivity index (χ4n) is 3.73. The molecule has 1 N–H and O–H groups in total. The lowest BCUT2D eigenvalue weighted by atomic mass is 10.1. The van der Waals surface area contributed by atoms with Gasteiger partial charge in [0.1, 0.15) is 11.6 Å². The number of carboxylic acids is 1. The highest BCUT2D eigenvalue weighted by atomic mass is 16.5. The van der Waals surface area contributed by atoms with Gasteiger partial charge in [0.25, 0.3) is 0 Å². The Balaban J connectivity index is 1.65. The van der Waals surface area contributed by atoms with Gasteiger partial charge in [0.05, 0.1) is 6.54 Å². The molecule has 0 amide bonds. The molecule has 3 rings (SSSR count). The topological polar surface area (TPSA) is 86.3 Å². The maximum Gasteiger partial charge on any atom is 0.346 e. The molecule has 7 nitrogen and oxygen atoms in total. The van der Waals surface area contributed by atoms with Crippen molar-refractivity contribution >= 4 is 5.97 Å². The first-order valence-corrected chi connectivity index (χ1v) is 11.6. The number of aliphatic carboxylic acids is 1. The van der Waals surface area contributed by atoms with Crippen molar-refractivity contribution in [1.29, 1.82) is 0 Å². The number of aryl methyl sites for hydroxylation is 3. The van der Waals surface area contributed by atoms with Crippen molar-refractivity contribution in [1.82, 2.24) is 14.3 Å². The molecule has 0 aliphatic carbocycles. The standard InChI is InChI=1S/C26H33N3O4/c1-3-4-5-17-28-24(27-29(26(28)32)18-22-11-9-20(2)10-12-22)8-6-7-21-13-15-23(16-14-21)33-19-25(30)31/h9-16H,3-8,17-19H2,1-2H3,(H,30,31). The van der Waals surface area contributed by atoms with Crippen molar-refractivity contribution in [2.45, 2.75) is 65.5 Å². The van der Waals surface area contributed by atoms with Crippen LogP contribution in [0.25, 0.3) is 0 Å². The summed E-state index contributed by atoms with van der Waals surface area (Å²) in [5.74, 6) is 0.385. The molecule has 0 aliphatic rings. The van der Waals surface area contributed by atoms with E-state index in [0.29, 0.717) is 18.8 Å². The molecule has 2 aromatic carbocycles. The van der Waals surface area contributed by atoms with Crippen LogP contribution in [0.2, 0.25) is 0 Å². The molecular weight excluding hydrogens is 418 g/mol. The highest BCUT2D eigenvalue weighted by Crippen LogP contribution is 2.14. The largest absolute Gasteiger partial charge is 0.482 e. The predicted molar refractivity (Wildman–Crippen MR) is 128 cm³/mol. The van der Waals surface area contributed by atoms with E-state index in [-0.39, 0.29) is 12.3 Å². The van der Waals surface area contributed by atoms with E-state index >= 15 is 0 Å². The molecule has 0 atom stereocenters. The average molecular weight is 452 g/mol. The maximum absolute atomic E-state index is 13.0. The van der Waals surface area contributed by atoms with Crippen LogP contribution in [0.5, 0.6) is 5.75 Å². The SMILES string of the molecule is CCCCCn1c(CCCc2ccc(OCC(=O)O)cc2)nn(Cc2ccc(C)cc2)c1=O. The van der Waals surface area contributed by atoms with Gasteiger partial charge in [-0.25, -0.2) is 14.3 Å². The first-order chi connectivity index (χ1) is 16.0. The fourth-order valence-corrected chi connectivity index (χ4v) is 3.73. The van der Waals surface area contributed by atoms with Crippen LogP contribution in [0.15, 0.2) is 53.3 Å². The number of nitrogens with zero attached hydrogens (tertiary/aromatic N) is 3. The molecule has 33 heavy (non-hydrogen) atoms. The number of unbranched alkanes of at least 4 members (excludes halogenated alkanes) is 2. The molecular formula is C26H33N3O4. The molecule has 0 fully saturated rings. The van der Waals surface area contributed by atoms with Crippen LogP contribution < -0.4 is 10.4 Å². The number of hydrogen-bond donors (Lipinski definition) is 1. The number of hydrogen-bond acceptors (Lipinski definition) is 4. The second-order valence-corrected chi connectivity index (χ2v) is 8.38. The molecule has 0 spiro atoms. The Bertz CT molecular complexity index is 1080. The summed E-state index contributed by atoms with van der Waals surface area (Å²) in [5, 5.41) is 13.4. The van der Waals surface area contributed by atoms with Crippen LogP contribution in [0.3, 0.4) is 0 Å². The van der Waals surface area contributed by atoms with Crippen LogP contribution in [-0.2, 0) is 30.7 Å². The number of carboxylic acid groups (broad SMARTS) is 1. The van der Waals surface area contributed by atoms with Crippen LogP contribution in [-0.4, -0.2) is 32.0 Å². The van der Waals surface area contributed by atoms with E-state index in [9.17, 15) is 9.59 Å². The van der Waals surface area contributed by atoms with Gasteiger partial charge in [-0.3, -0.25) is 4.57 Å². The van der Waals surface area contributed by atoms with Gasteiger partial charge in [-0.2, -0.15) is 5.10 Å². The molecule has 7 heteroatoms. The summed E-state index contributed by atoms with van der Waals surface area (Å²) in [6.07, 6.45) is 5.59. The second-order valence-electron chi connectivity index (χ2n) is 8.38. The van der Waals surface area contributed by atoms with Crippen molar-refractivity contribution in [3.63, 3.8) is 0 Å². The molecule has 0 unspecified atom stereocenters. The summed E-state index contributed by atoms with van der Waals surface area (Å²) >= 11 is 0. The Labute approximate surface area is 194 Å². The van der Waals surface area contributed by atoms with Crippen LogP contribution in [0.4, 0.5) is 0 Å². The van der Waals surface area contributed by atoms with Crippen molar-refractivity contribution < 1.29 is 14.6 Å². The first-order valence-electron chi connectivity index (χ1n) is 11.6. The molecule has 3 aromatic rings. The molecule has 0 saturated heterocycles. The molecule has 1 aromatic heterocycles. The molecule has 0 saturated carbocycles. The summed E-state index contributed by atoms with van der Waals surface area (Å²) in [4.78, 5) is 23.7. The predicted octanol–water partition coefficient (Wildman–Crippen LogP) is 4.23. The number of rotatable bonds is 13. The third-order valence-electron chi connectivity index (χ3n) is 5.59. The minimum Gasteiger partial charge on any atom is -0.482 e. The van der Waals surface area contributed by atoms with Crippen LogP contribution in [0, 0.1) is 6.92 Å². The molecule has 0 radical (unpaired) electrons.